The summed E-state index contributed by atoms with van der Waals surface area (Å²) in [6.07, 6.45) is 12.2. The van der Waals surface area contributed by atoms with Crippen LogP contribution >= 0.6 is 0 Å². The Morgan fingerprint density at radius 1 is 0.985 bits per heavy atom. The summed E-state index contributed by atoms with van der Waals surface area (Å²) in [5, 5.41) is 24.2. The number of halogens is 2. The normalized spacial score (nSPS) is 23.6. The number of ether oxygens (including phenoxy) is 2. The molecule has 0 radical (unpaired) electrons. The minimum Gasteiger partial charge on any atom is -0.508 e. The molecule has 2 atom stereocenters. The number of carbonyl (C=O) groups is 2. The summed E-state index contributed by atoms with van der Waals surface area (Å²) in [5.74, 6) is -1.50. The zero-order valence-corrected chi connectivity index (χ0v) is 38.7. The molecule has 2 aliphatic carbocycles. The fourth-order valence-electron chi connectivity index (χ4n) is 12.3. The number of pyridine rings is 1. The molecule has 7 heterocycles. The molecule has 4 aliphatic heterocycles. The Balaban J connectivity index is 0.730. The molecular weight excluding hydrogens is 869 g/mol. The van der Waals surface area contributed by atoms with Gasteiger partial charge >= 0.3 is 6.01 Å². The van der Waals surface area contributed by atoms with Crippen molar-refractivity contribution in [2.45, 2.75) is 102 Å². The molecule has 2 unspecified atom stereocenters. The number of anilines is 2. The number of piperidine rings is 3. The highest BCUT2D eigenvalue weighted by molar-refractivity contribution is 6.03. The lowest BCUT2D eigenvalue weighted by Gasteiger charge is -2.53. The lowest BCUT2D eigenvalue weighted by atomic mass is 9.60. The zero-order valence-electron chi connectivity index (χ0n) is 38.7. The van der Waals surface area contributed by atoms with Gasteiger partial charge in [0.25, 0.3) is 0 Å². The molecule has 3 aromatic heterocycles. The second-order valence-electron chi connectivity index (χ2n) is 20.8. The average Bonchev–Trinajstić information content (AvgIpc) is 4.01. The van der Waals surface area contributed by atoms with E-state index in [0.29, 0.717) is 77.0 Å². The predicted octanol–water partition coefficient (Wildman–Crippen LogP) is 8.07. The third-order valence-corrected chi connectivity index (χ3v) is 16.3. The summed E-state index contributed by atoms with van der Waals surface area (Å²) < 4.78 is 46.9. The van der Waals surface area contributed by atoms with Crippen LogP contribution in [0.5, 0.6) is 11.8 Å². The number of hydrogen-bond donors (Lipinski definition) is 3. The number of phenolic OH excluding ortho intramolecular Hbond substituents is 1. The second-order valence-corrected chi connectivity index (χ2v) is 20.8. The van der Waals surface area contributed by atoms with Crippen molar-refractivity contribution in [2.75, 3.05) is 56.2 Å². The molecule has 16 heteroatoms. The van der Waals surface area contributed by atoms with Gasteiger partial charge in [-0.3, -0.25) is 24.6 Å². The number of phenols is 1. The molecule has 6 aliphatic rings. The highest BCUT2D eigenvalue weighted by Crippen LogP contribution is 2.52. The molecule has 4 saturated heterocycles. The average molecular weight is 926 g/mol. The van der Waals surface area contributed by atoms with Crippen LogP contribution in [0.2, 0.25) is 0 Å². The minimum absolute atomic E-state index is 0.0184. The maximum atomic E-state index is 17.2. The number of imide groups is 1. The molecule has 3 N–H and O–H groups in total. The summed E-state index contributed by atoms with van der Waals surface area (Å²) in [4.78, 5) is 43.5. The number of aromatic hydroxyl groups is 1. The van der Waals surface area contributed by atoms with E-state index in [2.05, 4.69) is 37.6 Å². The molecular formula is C52H57F2N9O5. The molecule has 2 saturated carbocycles. The van der Waals surface area contributed by atoms with Crippen LogP contribution in [0.4, 0.5) is 20.3 Å². The summed E-state index contributed by atoms with van der Waals surface area (Å²) in [6, 6.07) is 12.7. The van der Waals surface area contributed by atoms with Crippen molar-refractivity contribution < 1.29 is 33.0 Å². The number of aryl methyl sites for hydroxylation is 2. The third kappa shape index (κ3) is 7.58. The molecule has 14 nitrogen and oxygen atoms in total. The van der Waals surface area contributed by atoms with E-state index in [0.717, 1.165) is 113 Å². The third-order valence-electron chi connectivity index (χ3n) is 16.3. The van der Waals surface area contributed by atoms with E-state index in [1.54, 1.807) is 18.3 Å². The van der Waals surface area contributed by atoms with Gasteiger partial charge in [0.15, 0.2) is 5.82 Å². The van der Waals surface area contributed by atoms with Crippen LogP contribution in [0.1, 0.15) is 94.7 Å². The Kier molecular flexibility index (Phi) is 10.4. The molecule has 68 heavy (non-hydrogen) atoms. The Morgan fingerprint density at radius 2 is 1.81 bits per heavy atom. The van der Waals surface area contributed by atoms with Gasteiger partial charge in [-0.25, -0.2) is 8.78 Å². The van der Waals surface area contributed by atoms with Gasteiger partial charge in [-0.05, 0) is 135 Å². The fourth-order valence-corrected chi connectivity index (χ4v) is 12.3. The summed E-state index contributed by atoms with van der Waals surface area (Å²) in [5.41, 5.74) is 3.58. The lowest BCUT2D eigenvalue weighted by Crippen LogP contribution is -2.56. The number of carbonyl (C=O) groups excluding carboxylic acids is 2. The van der Waals surface area contributed by atoms with Crippen LogP contribution in [0.3, 0.4) is 0 Å². The van der Waals surface area contributed by atoms with Crippen molar-refractivity contribution >= 4 is 55.9 Å². The van der Waals surface area contributed by atoms with Crippen molar-refractivity contribution in [1.82, 2.24) is 34.9 Å². The van der Waals surface area contributed by atoms with Gasteiger partial charge in [0, 0.05) is 73.8 Å². The van der Waals surface area contributed by atoms with Gasteiger partial charge in [-0.2, -0.15) is 15.1 Å². The van der Waals surface area contributed by atoms with Gasteiger partial charge in [0.2, 0.25) is 11.8 Å². The van der Waals surface area contributed by atoms with Crippen LogP contribution in [0.25, 0.3) is 43.8 Å². The molecule has 354 valence electrons. The highest BCUT2D eigenvalue weighted by Gasteiger charge is 2.50. The number of likely N-dealkylation sites (tertiary alicyclic amines) is 1. The van der Waals surface area contributed by atoms with Crippen molar-refractivity contribution in [3.8, 4) is 23.0 Å². The van der Waals surface area contributed by atoms with Crippen LogP contribution in [0.15, 0.2) is 48.7 Å². The van der Waals surface area contributed by atoms with Crippen LogP contribution in [0, 0.1) is 22.5 Å². The maximum absolute atomic E-state index is 17.2. The van der Waals surface area contributed by atoms with Crippen molar-refractivity contribution in [3.63, 3.8) is 0 Å². The Morgan fingerprint density at radius 3 is 2.56 bits per heavy atom. The lowest BCUT2D eigenvalue weighted by molar-refractivity contribution is -0.151. The Hall–Kier alpha value is -6.00. The molecule has 2 spiro atoms. The quantitative estimate of drug-likeness (QED) is 0.108. The first-order valence-corrected chi connectivity index (χ1v) is 24.5. The van der Waals surface area contributed by atoms with E-state index < -0.39 is 17.6 Å². The number of rotatable bonds is 11. The molecule has 6 fully saturated rings. The number of fused-ring (bicyclic) bond motifs is 3. The van der Waals surface area contributed by atoms with Gasteiger partial charge < -0.3 is 29.7 Å². The van der Waals surface area contributed by atoms with E-state index in [1.807, 2.05) is 24.7 Å². The van der Waals surface area contributed by atoms with E-state index in [9.17, 15) is 14.7 Å². The second kappa shape index (κ2) is 16.3. The van der Waals surface area contributed by atoms with E-state index in [4.69, 9.17) is 24.5 Å². The topological polar surface area (TPSA) is 160 Å². The Bertz CT molecular complexity index is 3030. The largest absolute Gasteiger partial charge is 0.508 e. The molecule has 2 amide bonds. The number of nitrogens with one attached hydrogen (secondary N) is 2. The number of nitrogens with zero attached hydrogens (tertiary/aromatic N) is 7. The van der Waals surface area contributed by atoms with Gasteiger partial charge in [0.05, 0.1) is 41.3 Å². The molecule has 12 rings (SSSR count). The number of amides is 2. The van der Waals surface area contributed by atoms with Gasteiger partial charge in [-0.15, -0.1) is 0 Å². The van der Waals surface area contributed by atoms with Crippen molar-refractivity contribution in [1.29, 1.82) is 0 Å². The van der Waals surface area contributed by atoms with Crippen LogP contribution < -0.4 is 20.3 Å². The van der Waals surface area contributed by atoms with Gasteiger partial charge in [-0.1, -0.05) is 13.0 Å². The standard InChI is InChI=1S/C52H57F2N9O5/c1-3-34-39(53)9-5-30-21-33(64)23-37(42(30)34)45-43(54)46-38(26-55-45)47(63-17-4-11-52(28-63)16-20-68-52)59-49(58-46)67-29-51(12-13-51)27-62-18-14-50(15-19-62)24-32(25-50)56-31-6-7-35-40(22-31)61(2)60-44(35)36-8-10-41(65)57-48(36)66/h5-7,9,21-23,26,32,36,56,64H,3-4,8,10-20,24-25,27-29H2,1-2H3,(H,57,65,66). The van der Waals surface area contributed by atoms with E-state index in [-0.39, 0.29) is 45.8 Å². The summed E-state index contributed by atoms with van der Waals surface area (Å²) in [6.45, 7) is 7.34. The number of aromatic nitrogens is 5. The summed E-state index contributed by atoms with van der Waals surface area (Å²) >= 11 is 0. The van der Waals surface area contributed by atoms with E-state index in [1.165, 1.54) is 12.1 Å². The molecule has 3 aromatic carbocycles. The first-order valence-electron chi connectivity index (χ1n) is 24.5. The summed E-state index contributed by atoms with van der Waals surface area (Å²) in [7, 11) is 1.90. The predicted molar refractivity (Wildman–Crippen MR) is 254 cm³/mol. The van der Waals surface area contributed by atoms with Gasteiger partial charge in [0.1, 0.15) is 28.6 Å². The highest BCUT2D eigenvalue weighted by atomic mass is 19.1. The fraction of sp³-hybridized carbons (Fsp3) is 0.500. The minimum atomic E-state index is -0.673. The first kappa shape index (κ1) is 43.3. The van der Waals surface area contributed by atoms with Crippen LogP contribution in [-0.4, -0.2) is 104 Å². The number of benzene rings is 3. The van der Waals surface area contributed by atoms with Crippen molar-refractivity contribution in [3.05, 3.63) is 71.6 Å². The monoisotopic (exact) mass is 925 g/mol. The maximum Gasteiger partial charge on any atom is 0.319 e. The Labute approximate surface area is 392 Å². The van der Waals surface area contributed by atoms with E-state index >= 15 is 8.78 Å². The SMILES string of the molecule is CCc1c(F)ccc2cc(O)cc(-c3ncc4c(N5CCCC6(CCO6)C5)nc(OCC5(CN6CCC7(CC6)CC(Nc6ccc8c(C9CCC(=O)NC9=O)nn(C)c8c6)C7)CC5)nc4c3F)c12. The molecule has 6 aromatic rings. The van der Waals surface area contributed by atoms with Crippen molar-refractivity contribution in [2.24, 2.45) is 17.9 Å². The van der Waals surface area contributed by atoms with Crippen LogP contribution in [-0.2, 0) is 27.8 Å². The smallest absolute Gasteiger partial charge is 0.319 e. The number of hydrogen-bond acceptors (Lipinski definition) is 12. The first-order chi connectivity index (χ1) is 32.9. The molecule has 0 bridgehead atoms. The zero-order chi connectivity index (χ0) is 46.5.